The van der Waals surface area contributed by atoms with Crippen molar-refractivity contribution in [3.63, 3.8) is 0 Å². The second kappa shape index (κ2) is 4.96. The molecule has 1 unspecified atom stereocenters. The summed E-state index contributed by atoms with van der Waals surface area (Å²) in [5.41, 5.74) is 1.11. The van der Waals surface area contributed by atoms with Crippen LogP contribution in [0.2, 0.25) is 0 Å². The summed E-state index contributed by atoms with van der Waals surface area (Å²) in [5, 5.41) is 4.02. The van der Waals surface area contributed by atoms with Crippen LogP contribution in [0, 0.1) is 0 Å². The zero-order valence-electron chi connectivity index (χ0n) is 7.77. The molecule has 0 N–H and O–H groups in total. The molecule has 0 spiro atoms. The highest BCUT2D eigenvalue weighted by Crippen LogP contribution is 2.16. The van der Waals surface area contributed by atoms with Gasteiger partial charge in [-0.15, -0.1) is 0 Å². The standard InChI is InChI=1S/C10H12O2S2/c11-9(5-8-1-3-13-6-8)10-7-14-4-2-12-10/h1,3,6,10H,2,4-5,7H2. The summed E-state index contributed by atoms with van der Waals surface area (Å²) in [4.78, 5) is 11.7. The van der Waals surface area contributed by atoms with E-state index in [1.807, 2.05) is 16.8 Å². The monoisotopic (exact) mass is 228 g/mol. The third-order valence-electron chi connectivity index (χ3n) is 2.13. The number of rotatable bonds is 3. The molecule has 1 saturated heterocycles. The second-order valence-corrected chi connectivity index (χ2v) is 5.14. The summed E-state index contributed by atoms with van der Waals surface area (Å²) in [6.07, 6.45) is 0.350. The van der Waals surface area contributed by atoms with Gasteiger partial charge in [0.15, 0.2) is 5.78 Å². The Morgan fingerprint density at radius 3 is 3.21 bits per heavy atom. The highest BCUT2D eigenvalue weighted by atomic mass is 32.2. The van der Waals surface area contributed by atoms with E-state index in [1.165, 1.54) is 0 Å². The molecular formula is C10H12O2S2. The Bertz CT molecular complexity index is 289. The molecule has 0 radical (unpaired) electrons. The molecule has 1 fully saturated rings. The van der Waals surface area contributed by atoms with Crippen molar-refractivity contribution < 1.29 is 9.53 Å². The van der Waals surface area contributed by atoms with Crippen molar-refractivity contribution in [2.75, 3.05) is 18.1 Å². The Morgan fingerprint density at radius 1 is 1.64 bits per heavy atom. The van der Waals surface area contributed by atoms with E-state index >= 15 is 0 Å². The fourth-order valence-electron chi connectivity index (χ4n) is 1.38. The second-order valence-electron chi connectivity index (χ2n) is 3.21. The number of ketones is 1. The lowest BCUT2D eigenvalue weighted by atomic mass is 10.1. The first kappa shape index (κ1) is 10.2. The van der Waals surface area contributed by atoms with Crippen LogP contribution in [-0.4, -0.2) is 30.0 Å². The number of ether oxygens (including phenoxy) is 1. The van der Waals surface area contributed by atoms with E-state index in [1.54, 1.807) is 23.1 Å². The average Bonchev–Trinajstić information content (AvgIpc) is 2.72. The molecule has 14 heavy (non-hydrogen) atoms. The Kier molecular flexibility index (Phi) is 3.61. The van der Waals surface area contributed by atoms with Gasteiger partial charge < -0.3 is 4.74 Å². The lowest BCUT2D eigenvalue weighted by Crippen LogP contribution is -2.32. The number of carbonyl (C=O) groups is 1. The average molecular weight is 228 g/mol. The number of hydrogen-bond donors (Lipinski definition) is 0. The van der Waals surface area contributed by atoms with Gasteiger partial charge in [0.05, 0.1) is 6.61 Å². The first-order valence-electron chi connectivity index (χ1n) is 4.59. The summed E-state index contributed by atoms with van der Waals surface area (Å²) in [6.45, 7) is 0.713. The molecule has 0 bridgehead atoms. The van der Waals surface area contributed by atoms with E-state index in [4.69, 9.17) is 4.74 Å². The fraction of sp³-hybridized carbons (Fsp3) is 0.500. The zero-order chi connectivity index (χ0) is 9.80. The molecule has 0 aliphatic carbocycles. The van der Waals surface area contributed by atoms with Crippen LogP contribution >= 0.6 is 23.1 Å². The van der Waals surface area contributed by atoms with Crippen LogP contribution in [0.4, 0.5) is 0 Å². The molecule has 4 heteroatoms. The smallest absolute Gasteiger partial charge is 0.166 e. The van der Waals surface area contributed by atoms with Crippen molar-refractivity contribution in [2.24, 2.45) is 0 Å². The third kappa shape index (κ3) is 2.59. The summed E-state index contributed by atoms with van der Waals surface area (Å²) < 4.78 is 5.42. The predicted molar refractivity (Wildman–Crippen MR) is 60.1 cm³/mol. The largest absolute Gasteiger partial charge is 0.369 e. The highest BCUT2D eigenvalue weighted by Gasteiger charge is 2.22. The highest BCUT2D eigenvalue weighted by molar-refractivity contribution is 7.99. The van der Waals surface area contributed by atoms with Crippen molar-refractivity contribution in [2.45, 2.75) is 12.5 Å². The number of hydrogen-bond acceptors (Lipinski definition) is 4. The topological polar surface area (TPSA) is 26.3 Å². The van der Waals surface area contributed by atoms with Crippen molar-refractivity contribution in [3.05, 3.63) is 22.4 Å². The van der Waals surface area contributed by atoms with Gasteiger partial charge in [0.25, 0.3) is 0 Å². The van der Waals surface area contributed by atoms with Crippen molar-refractivity contribution >= 4 is 28.9 Å². The number of carbonyl (C=O) groups excluding carboxylic acids is 1. The van der Waals surface area contributed by atoms with Gasteiger partial charge >= 0.3 is 0 Å². The number of thioether (sulfide) groups is 1. The minimum atomic E-state index is -0.173. The van der Waals surface area contributed by atoms with Gasteiger partial charge in [-0.2, -0.15) is 23.1 Å². The van der Waals surface area contributed by atoms with Crippen LogP contribution in [0.1, 0.15) is 5.56 Å². The lowest BCUT2D eigenvalue weighted by Gasteiger charge is -2.20. The first-order valence-corrected chi connectivity index (χ1v) is 6.69. The first-order chi connectivity index (χ1) is 6.86. The molecule has 0 saturated carbocycles. The Balaban J connectivity index is 1.88. The van der Waals surface area contributed by atoms with Crippen LogP contribution in [0.5, 0.6) is 0 Å². The molecule has 1 aliphatic heterocycles. The SMILES string of the molecule is O=C(Cc1ccsc1)C1CSCCO1. The van der Waals surface area contributed by atoms with Gasteiger partial charge in [0.1, 0.15) is 6.10 Å². The van der Waals surface area contributed by atoms with Gasteiger partial charge in [0.2, 0.25) is 0 Å². The minimum absolute atomic E-state index is 0.173. The maximum Gasteiger partial charge on any atom is 0.166 e. The van der Waals surface area contributed by atoms with Gasteiger partial charge in [-0.1, -0.05) is 0 Å². The Morgan fingerprint density at radius 2 is 2.57 bits per heavy atom. The van der Waals surface area contributed by atoms with Crippen molar-refractivity contribution in [3.8, 4) is 0 Å². The van der Waals surface area contributed by atoms with Gasteiger partial charge in [-0.3, -0.25) is 4.79 Å². The van der Waals surface area contributed by atoms with Crippen LogP contribution in [0.3, 0.4) is 0 Å². The van der Waals surface area contributed by atoms with E-state index in [9.17, 15) is 4.79 Å². The molecule has 1 atom stereocenters. The van der Waals surface area contributed by atoms with Crippen LogP contribution < -0.4 is 0 Å². The number of Topliss-reactive ketones (excluding diaryl/α,β-unsaturated/α-hetero) is 1. The van der Waals surface area contributed by atoms with Crippen LogP contribution in [0.25, 0.3) is 0 Å². The molecular weight excluding hydrogens is 216 g/mol. The van der Waals surface area contributed by atoms with Gasteiger partial charge in [0, 0.05) is 17.9 Å². The van der Waals surface area contributed by atoms with E-state index in [2.05, 4.69) is 0 Å². The lowest BCUT2D eigenvalue weighted by molar-refractivity contribution is -0.128. The molecule has 2 nitrogen and oxygen atoms in total. The molecule has 1 aromatic rings. The van der Waals surface area contributed by atoms with Gasteiger partial charge in [-0.05, 0) is 22.4 Å². The minimum Gasteiger partial charge on any atom is -0.369 e. The molecule has 1 aromatic heterocycles. The molecule has 2 heterocycles. The fourth-order valence-corrected chi connectivity index (χ4v) is 2.93. The van der Waals surface area contributed by atoms with Crippen molar-refractivity contribution in [1.82, 2.24) is 0 Å². The van der Waals surface area contributed by atoms with Crippen LogP contribution in [0.15, 0.2) is 16.8 Å². The van der Waals surface area contributed by atoms with E-state index < -0.39 is 0 Å². The maximum atomic E-state index is 11.7. The molecule has 1 aliphatic rings. The maximum absolute atomic E-state index is 11.7. The number of thiophene rings is 1. The molecule has 0 amide bonds. The molecule has 2 rings (SSSR count). The van der Waals surface area contributed by atoms with E-state index in [0.717, 1.165) is 17.1 Å². The third-order valence-corrected chi connectivity index (χ3v) is 3.86. The summed E-state index contributed by atoms with van der Waals surface area (Å²) in [6, 6.07) is 2.00. The molecule has 0 aromatic carbocycles. The Labute approximate surface area is 91.7 Å². The Hall–Kier alpha value is -0.320. The van der Waals surface area contributed by atoms with Crippen molar-refractivity contribution in [1.29, 1.82) is 0 Å². The quantitative estimate of drug-likeness (QED) is 0.791. The van der Waals surface area contributed by atoms with Gasteiger partial charge in [-0.25, -0.2) is 0 Å². The predicted octanol–water partition coefficient (Wildman–Crippen LogP) is 1.99. The summed E-state index contributed by atoms with van der Waals surface area (Å²) in [5.74, 6) is 2.06. The van der Waals surface area contributed by atoms with E-state index in [0.29, 0.717) is 13.0 Å². The van der Waals surface area contributed by atoms with E-state index in [-0.39, 0.29) is 11.9 Å². The molecule has 76 valence electrons. The zero-order valence-corrected chi connectivity index (χ0v) is 9.40. The normalized spacial score (nSPS) is 22.1. The summed E-state index contributed by atoms with van der Waals surface area (Å²) >= 11 is 3.43. The summed E-state index contributed by atoms with van der Waals surface area (Å²) in [7, 11) is 0. The van der Waals surface area contributed by atoms with Crippen LogP contribution in [-0.2, 0) is 16.0 Å².